The van der Waals surface area contributed by atoms with Crippen molar-refractivity contribution in [3.63, 3.8) is 0 Å². The van der Waals surface area contributed by atoms with Gasteiger partial charge in [-0.1, -0.05) is 24.6 Å². The lowest BCUT2D eigenvalue weighted by molar-refractivity contribution is -0.158. The fourth-order valence-electron chi connectivity index (χ4n) is 2.05. The Morgan fingerprint density at radius 1 is 1.53 bits per heavy atom. The minimum Gasteiger partial charge on any atom is -0.466 e. The second kappa shape index (κ2) is 6.35. The van der Waals surface area contributed by atoms with E-state index in [0.717, 1.165) is 0 Å². The Kier molecular flexibility index (Phi) is 5.32. The third-order valence-corrected chi connectivity index (χ3v) is 3.45. The van der Waals surface area contributed by atoms with E-state index in [1.807, 2.05) is 0 Å². The highest BCUT2D eigenvalue weighted by atomic mass is 35.5. The fraction of sp³-hybridized carbons (Fsp3) is 0.500. The highest BCUT2D eigenvalue weighted by molar-refractivity contribution is 6.30. The molecule has 1 N–H and O–H groups in total. The van der Waals surface area contributed by atoms with E-state index in [4.69, 9.17) is 16.3 Å². The minimum absolute atomic E-state index is 0.0866. The topological polar surface area (TPSA) is 46.5 Å². The number of hydrogen-bond donors (Lipinski definition) is 1. The van der Waals surface area contributed by atoms with Gasteiger partial charge < -0.3 is 9.84 Å². The third kappa shape index (κ3) is 3.45. The number of benzene rings is 1. The molecule has 0 fully saturated rings. The summed E-state index contributed by atoms with van der Waals surface area (Å²) in [6.07, 6.45) is 0.404. The Hall–Kier alpha value is -1.13. The van der Waals surface area contributed by atoms with Crippen LogP contribution in [-0.4, -0.2) is 17.7 Å². The number of carbonyl (C=O) groups is 1. The van der Waals surface area contributed by atoms with Crippen molar-refractivity contribution in [3.05, 3.63) is 34.6 Å². The van der Waals surface area contributed by atoms with Crippen molar-refractivity contribution in [1.82, 2.24) is 0 Å². The van der Waals surface area contributed by atoms with Crippen molar-refractivity contribution in [2.24, 2.45) is 5.92 Å². The molecule has 2 unspecified atom stereocenters. The zero-order valence-corrected chi connectivity index (χ0v) is 12.0. The molecule has 0 aliphatic rings. The summed E-state index contributed by atoms with van der Waals surface area (Å²) in [5, 5.41) is 10.5. The Morgan fingerprint density at radius 2 is 2.16 bits per heavy atom. The van der Waals surface area contributed by atoms with Gasteiger partial charge in [-0.3, -0.25) is 4.79 Å². The molecule has 0 saturated carbocycles. The minimum atomic E-state index is -1.46. The molecule has 0 bridgehead atoms. The van der Waals surface area contributed by atoms with Gasteiger partial charge in [-0.05, 0) is 38.0 Å². The van der Waals surface area contributed by atoms with Crippen molar-refractivity contribution >= 4 is 17.6 Å². The molecule has 0 radical (unpaired) electrons. The smallest absolute Gasteiger partial charge is 0.312 e. The van der Waals surface area contributed by atoms with Crippen LogP contribution in [0, 0.1) is 11.7 Å². The van der Waals surface area contributed by atoms with E-state index in [-0.39, 0.29) is 11.6 Å². The molecule has 0 heterocycles. The number of hydrogen-bond acceptors (Lipinski definition) is 3. The first-order valence-electron chi connectivity index (χ1n) is 6.19. The van der Waals surface area contributed by atoms with E-state index in [1.165, 1.54) is 25.1 Å². The largest absolute Gasteiger partial charge is 0.466 e. The normalized spacial score (nSPS) is 15.7. The molecule has 3 nitrogen and oxygen atoms in total. The average Bonchev–Trinajstić information content (AvgIpc) is 2.33. The number of ether oxygens (including phenoxy) is 1. The summed E-state index contributed by atoms with van der Waals surface area (Å²) < 4.78 is 18.1. The lowest BCUT2D eigenvalue weighted by Gasteiger charge is -2.31. The molecule has 0 saturated heterocycles. The van der Waals surface area contributed by atoms with Gasteiger partial charge in [0.05, 0.1) is 17.5 Å². The summed E-state index contributed by atoms with van der Waals surface area (Å²) in [7, 11) is 0. The van der Waals surface area contributed by atoms with Crippen LogP contribution in [0.25, 0.3) is 0 Å². The van der Waals surface area contributed by atoms with Gasteiger partial charge in [-0.2, -0.15) is 0 Å². The van der Waals surface area contributed by atoms with Gasteiger partial charge in [-0.25, -0.2) is 4.39 Å². The second-order valence-electron chi connectivity index (χ2n) is 4.49. The predicted molar refractivity (Wildman–Crippen MR) is 71.4 cm³/mol. The number of esters is 1. The van der Waals surface area contributed by atoms with Gasteiger partial charge >= 0.3 is 5.97 Å². The standard InChI is InChI=1S/C14H18ClFO3/c1-4-10(13(17)19-5-2)14(3,18)9-6-7-12(16)11(15)8-9/h6-8,10,18H,4-5H2,1-3H3. The molecule has 106 valence electrons. The summed E-state index contributed by atoms with van der Waals surface area (Å²) in [5.41, 5.74) is -1.07. The number of aliphatic hydroxyl groups is 1. The highest BCUT2D eigenvalue weighted by Crippen LogP contribution is 2.34. The molecule has 2 atom stereocenters. The van der Waals surface area contributed by atoms with Gasteiger partial charge in [0.1, 0.15) is 11.4 Å². The van der Waals surface area contributed by atoms with Crippen molar-refractivity contribution < 1.29 is 19.0 Å². The number of rotatable bonds is 5. The van der Waals surface area contributed by atoms with Gasteiger partial charge in [-0.15, -0.1) is 0 Å². The van der Waals surface area contributed by atoms with Gasteiger partial charge in [0.15, 0.2) is 0 Å². The maximum absolute atomic E-state index is 13.1. The molecule has 0 amide bonds. The van der Waals surface area contributed by atoms with Crippen molar-refractivity contribution in [3.8, 4) is 0 Å². The number of halogens is 2. The van der Waals surface area contributed by atoms with E-state index in [0.29, 0.717) is 12.0 Å². The van der Waals surface area contributed by atoms with E-state index in [1.54, 1.807) is 13.8 Å². The molecule has 19 heavy (non-hydrogen) atoms. The van der Waals surface area contributed by atoms with Gasteiger partial charge in [0.25, 0.3) is 0 Å². The first kappa shape index (κ1) is 15.9. The van der Waals surface area contributed by atoms with Crippen LogP contribution >= 0.6 is 11.6 Å². The van der Waals surface area contributed by atoms with E-state index >= 15 is 0 Å². The summed E-state index contributed by atoms with van der Waals surface area (Å²) in [6.45, 7) is 5.23. The van der Waals surface area contributed by atoms with Crippen LogP contribution in [0.15, 0.2) is 18.2 Å². The van der Waals surface area contributed by atoms with E-state index in [9.17, 15) is 14.3 Å². The third-order valence-electron chi connectivity index (χ3n) is 3.16. The lowest BCUT2D eigenvalue weighted by atomic mass is 9.81. The molecular formula is C14H18ClFO3. The molecule has 0 spiro atoms. The predicted octanol–water partition coefficient (Wildman–Crippen LogP) is 3.28. The van der Waals surface area contributed by atoms with Crippen LogP contribution in [0.5, 0.6) is 0 Å². The quantitative estimate of drug-likeness (QED) is 0.846. The molecule has 0 aliphatic heterocycles. The van der Waals surface area contributed by atoms with Crippen LogP contribution in [0.2, 0.25) is 5.02 Å². The SMILES string of the molecule is CCOC(=O)C(CC)C(C)(O)c1ccc(F)c(Cl)c1. The first-order valence-corrected chi connectivity index (χ1v) is 6.56. The van der Waals surface area contributed by atoms with E-state index in [2.05, 4.69) is 0 Å². The number of carbonyl (C=O) groups excluding carboxylic acids is 1. The molecule has 0 aliphatic carbocycles. The fourth-order valence-corrected chi connectivity index (χ4v) is 2.23. The zero-order valence-electron chi connectivity index (χ0n) is 11.2. The van der Waals surface area contributed by atoms with Gasteiger partial charge in [0.2, 0.25) is 0 Å². The first-order chi connectivity index (χ1) is 8.84. The zero-order chi connectivity index (χ0) is 14.6. The Labute approximate surface area is 117 Å². The van der Waals surface area contributed by atoms with Crippen molar-refractivity contribution in [2.75, 3.05) is 6.61 Å². The summed E-state index contributed by atoms with van der Waals surface area (Å²) in [5.74, 6) is -1.77. The monoisotopic (exact) mass is 288 g/mol. The van der Waals surface area contributed by atoms with Crippen LogP contribution in [0.1, 0.15) is 32.8 Å². The maximum atomic E-state index is 13.1. The van der Waals surface area contributed by atoms with Crippen molar-refractivity contribution in [2.45, 2.75) is 32.8 Å². The molecule has 1 aromatic carbocycles. The lowest BCUT2D eigenvalue weighted by Crippen LogP contribution is -2.38. The Balaban J connectivity index is 3.12. The van der Waals surface area contributed by atoms with Crippen LogP contribution in [0.3, 0.4) is 0 Å². The molecule has 0 aromatic heterocycles. The summed E-state index contributed by atoms with van der Waals surface area (Å²) in [6, 6.07) is 3.92. The average molecular weight is 289 g/mol. The Bertz CT molecular complexity index is 460. The summed E-state index contributed by atoms with van der Waals surface area (Å²) >= 11 is 5.71. The van der Waals surface area contributed by atoms with Crippen LogP contribution in [0.4, 0.5) is 4.39 Å². The van der Waals surface area contributed by atoms with Crippen LogP contribution < -0.4 is 0 Å². The molecule has 5 heteroatoms. The molecule has 1 aromatic rings. The summed E-state index contributed by atoms with van der Waals surface area (Å²) in [4.78, 5) is 11.9. The van der Waals surface area contributed by atoms with Crippen LogP contribution in [-0.2, 0) is 15.1 Å². The Morgan fingerprint density at radius 3 is 2.63 bits per heavy atom. The van der Waals surface area contributed by atoms with Gasteiger partial charge in [0, 0.05) is 0 Å². The van der Waals surface area contributed by atoms with E-state index < -0.39 is 23.3 Å². The highest BCUT2D eigenvalue weighted by Gasteiger charge is 2.38. The maximum Gasteiger partial charge on any atom is 0.312 e. The second-order valence-corrected chi connectivity index (χ2v) is 4.90. The molecular weight excluding hydrogens is 271 g/mol. The molecule has 1 rings (SSSR count). The van der Waals surface area contributed by atoms with Crippen molar-refractivity contribution in [1.29, 1.82) is 0 Å².